The monoisotopic (exact) mass is 200 g/mol. The Kier molecular flexibility index (Phi) is 5.38. The van der Waals surface area contributed by atoms with Gasteiger partial charge in [-0.3, -0.25) is 0 Å². The molecule has 1 aliphatic rings. The van der Waals surface area contributed by atoms with Crippen LogP contribution in [0.25, 0.3) is 0 Å². The molecule has 1 N–H and O–H groups in total. The molecule has 9 heavy (non-hydrogen) atoms. The summed E-state index contributed by atoms with van der Waals surface area (Å²) in [4.78, 5) is 0. The molecule has 1 heterocycles. The van der Waals surface area contributed by atoms with Gasteiger partial charge in [0, 0.05) is 32.7 Å². The molecule has 0 aliphatic carbocycles. The van der Waals surface area contributed by atoms with Crippen molar-refractivity contribution in [3.63, 3.8) is 0 Å². The third kappa shape index (κ3) is 2.65. The van der Waals surface area contributed by atoms with E-state index in [9.17, 15) is 0 Å². The summed E-state index contributed by atoms with van der Waals surface area (Å²) >= 11 is 0. The maximum absolute atomic E-state index is 3.99. The predicted octanol–water partition coefficient (Wildman–Crippen LogP) is 1.02. The van der Waals surface area contributed by atoms with Crippen LogP contribution in [0.5, 0.6) is 0 Å². The first-order valence-electron chi connectivity index (χ1n) is 3.20. The maximum Gasteiger partial charge on any atom is 0 e. The van der Waals surface area contributed by atoms with Crippen LogP contribution < -0.4 is 5.32 Å². The number of hydrogen-bond acceptors (Lipinski definition) is 1. The Balaban J connectivity index is 0.000000640. The summed E-state index contributed by atoms with van der Waals surface area (Å²) < 4.78 is 0. The van der Waals surface area contributed by atoms with Gasteiger partial charge in [-0.1, -0.05) is 6.42 Å². The molecule has 2 atom stereocenters. The van der Waals surface area contributed by atoms with E-state index >= 15 is 0 Å². The summed E-state index contributed by atoms with van der Waals surface area (Å²) in [5, 5.41) is 3.33. The zero-order valence-corrected chi connectivity index (χ0v) is 8.61. The fraction of sp³-hybridized carbons (Fsp3) is 0.714. The quantitative estimate of drug-likeness (QED) is 0.623. The molecule has 0 aromatic heterocycles. The van der Waals surface area contributed by atoms with Gasteiger partial charge in [-0.05, 0) is 12.6 Å². The van der Waals surface area contributed by atoms with Gasteiger partial charge in [0.15, 0.2) is 0 Å². The van der Waals surface area contributed by atoms with Gasteiger partial charge in [-0.2, -0.15) is 12.3 Å². The van der Waals surface area contributed by atoms with E-state index in [1.54, 1.807) is 0 Å². The molecule has 0 amide bonds. The van der Waals surface area contributed by atoms with Crippen LogP contribution in [0.3, 0.4) is 0 Å². The van der Waals surface area contributed by atoms with Gasteiger partial charge in [-0.25, -0.2) is 0 Å². The Labute approximate surface area is 82.9 Å². The zero-order valence-electron chi connectivity index (χ0n) is 5.77. The SMILES string of the molecule is [CH2-]CC1NCCC1[CH2-].[Y]. The topological polar surface area (TPSA) is 12.0 Å². The average Bonchev–Trinajstić information content (AvgIpc) is 2.14. The third-order valence-electron chi connectivity index (χ3n) is 1.80. The zero-order chi connectivity index (χ0) is 5.98. The van der Waals surface area contributed by atoms with Gasteiger partial charge in [0.05, 0.1) is 0 Å². The third-order valence-corrected chi connectivity index (χ3v) is 1.80. The molecule has 1 saturated heterocycles. The van der Waals surface area contributed by atoms with E-state index in [0.29, 0.717) is 12.0 Å². The maximum atomic E-state index is 3.99. The van der Waals surface area contributed by atoms with Gasteiger partial charge in [0.2, 0.25) is 0 Å². The van der Waals surface area contributed by atoms with E-state index in [1.807, 2.05) is 0 Å². The van der Waals surface area contributed by atoms with Crippen LogP contribution >= 0.6 is 0 Å². The van der Waals surface area contributed by atoms with E-state index in [4.69, 9.17) is 0 Å². The van der Waals surface area contributed by atoms with Crippen molar-refractivity contribution in [3.05, 3.63) is 13.8 Å². The number of hydrogen-bond donors (Lipinski definition) is 1. The van der Waals surface area contributed by atoms with Gasteiger partial charge in [0.25, 0.3) is 0 Å². The second-order valence-corrected chi connectivity index (χ2v) is 2.40. The fourth-order valence-corrected chi connectivity index (χ4v) is 1.16. The second kappa shape index (κ2) is 4.81. The van der Waals surface area contributed by atoms with Gasteiger partial charge in [-0.15, -0.1) is 0 Å². The van der Waals surface area contributed by atoms with Crippen molar-refractivity contribution in [1.29, 1.82) is 0 Å². The van der Waals surface area contributed by atoms with E-state index in [2.05, 4.69) is 19.2 Å². The van der Waals surface area contributed by atoms with Crippen LogP contribution in [0.4, 0.5) is 0 Å². The molecule has 1 aliphatic heterocycles. The first-order chi connectivity index (χ1) is 3.84. The number of nitrogens with one attached hydrogen (secondary N) is 1. The van der Waals surface area contributed by atoms with Crippen molar-refractivity contribution >= 4 is 0 Å². The second-order valence-electron chi connectivity index (χ2n) is 2.40. The summed E-state index contributed by atoms with van der Waals surface area (Å²) in [7, 11) is 0. The summed E-state index contributed by atoms with van der Waals surface area (Å²) in [6, 6.07) is 0.593. The molecule has 2 unspecified atom stereocenters. The molecule has 51 valence electrons. The Morgan fingerprint density at radius 3 is 2.44 bits per heavy atom. The van der Waals surface area contributed by atoms with Crippen molar-refractivity contribution in [1.82, 2.24) is 5.32 Å². The summed E-state index contributed by atoms with van der Waals surface area (Å²) in [6.45, 7) is 8.94. The van der Waals surface area contributed by atoms with Crippen LogP contribution in [-0.2, 0) is 32.7 Å². The molecular formula is C7H13NY-2. The Hall–Kier alpha value is 1.06. The van der Waals surface area contributed by atoms with E-state index < -0.39 is 0 Å². The molecule has 0 aromatic carbocycles. The van der Waals surface area contributed by atoms with Crippen LogP contribution in [0, 0.1) is 19.8 Å². The minimum absolute atomic E-state index is 0. The van der Waals surface area contributed by atoms with Gasteiger partial charge < -0.3 is 19.2 Å². The largest absolute Gasteiger partial charge is 0.342 e. The van der Waals surface area contributed by atoms with Crippen LogP contribution in [0.15, 0.2) is 0 Å². The Morgan fingerprint density at radius 2 is 2.22 bits per heavy atom. The molecular weight excluding hydrogens is 187 g/mol. The van der Waals surface area contributed by atoms with Crippen molar-refractivity contribution in [2.24, 2.45) is 5.92 Å². The van der Waals surface area contributed by atoms with Crippen molar-refractivity contribution in [2.45, 2.75) is 18.9 Å². The van der Waals surface area contributed by atoms with Crippen molar-refractivity contribution in [2.75, 3.05) is 6.54 Å². The van der Waals surface area contributed by atoms with Gasteiger partial charge in [0.1, 0.15) is 0 Å². The summed E-state index contributed by atoms with van der Waals surface area (Å²) in [5.41, 5.74) is 0. The number of rotatable bonds is 1. The van der Waals surface area contributed by atoms with Crippen LogP contribution in [0.1, 0.15) is 12.8 Å². The van der Waals surface area contributed by atoms with Crippen molar-refractivity contribution < 1.29 is 32.7 Å². The first-order valence-corrected chi connectivity index (χ1v) is 3.20. The molecule has 1 fully saturated rings. The molecule has 1 nitrogen and oxygen atoms in total. The van der Waals surface area contributed by atoms with Crippen LogP contribution in [0.2, 0.25) is 0 Å². The summed E-state index contributed by atoms with van der Waals surface area (Å²) in [6.07, 6.45) is 2.20. The van der Waals surface area contributed by atoms with E-state index in [1.165, 1.54) is 6.42 Å². The minimum Gasteiger partial charge on any atom is -0.342 e. The molecule has 1 rings (SSSR count). The predicted molar refractivity (Wildman–Crippen MR) is 35.2 cm³/mol. The Morgan fingerprint density at radius 1 is 1.56 bits per heavy atom. The average molecular weight is 200 g/mol. The molecule has 1 radical (unpaired) electrons. The molecule has 0 saturated carbocycles. The van der Waals surface area contributed by atoms with Crippen molar-refractivity contribution in [3.8, 4) is 0 Å². The van der Waals surface area contributed by atoms with E-state index in [0.717, 1.165) is 13.0 Å². The molecule has 0 aromatic rings. The molecule has 2 heteroatoms. The first kappa shape index (κ1) is 10.1. The Bertz CT molecular complexity index is 75.3. The van der Waals surface area contributed by atoms with E-state index in [-0.39, 0.29) is 32.7 Å². The summed E-state index contributed by atoms with van der Waals surface area (Å²) in [5.74, 6) is 0.604. The molecule has 0 bridgehead atoms. The minimum atomic E-state index is 0. The normalized spacial score (nSPS) is 34.0. The fourth-order valence-electron chi connectivity index (χ4n) is 1.16. The van der Waals surface area contributed by atoms with Gasteiger partial charge >= 0.3 is 0 Å². The molecule has 0 spiro atoms. The van der Waals surface area contributed by atoms with Crippen LogP contribution in [-0.4, -0.2) is 12.6 Å². The smallest absolute Gasteiger partial charge is 0 e. The standard InChI is InChI=1S/C7H13N.Y/c1-3-7-6(2)4-5-8-7;/h6-8H,1-5H2;/q-2;.